The van der Waals surface area contributed by atoms with Gasteiger partial charge in [-0.1, -0.05) is 38.5 Å². The fourth-order valence-electron chi connectivity index (χ4n) is 2.89. The van der Waals surface area contributed by atoms with Crippen molar-refractivity contribution in [1.82, 2.24) is 5.43 Å². The van der Waals surface area contributed by atoms with Crippen molar-refractivity contribution >= 4 is 0 Å². The second kappa shape index (κ2) is 5.86. The Labute approximate surface area is 94.0 Å². The largest absolute Gasteiger partial charge is 0.271 e. The molecule has 1 atom stereocenters. The fraction of sp³-hybridized carbons (Fsp3) is 1.00. The molecule has 0 aromatic carbocycles. The van der Waals surface area contributed by atoms with Gasteiger partial charge in [0.05, 0.1) is 0 Å². The number of rotatable bonds is 7. The zero-order valence-corrected chi connectivity index (χ0v) is 9.88. The van der Waals surface area contributed by atoms with Crippen molar-refractivity contribution in [1.29, 1.82) is 0 Å². The van der Waals surface area contributed by atoms with Crippen molar-refractivity contribution in [3.63, 3.8) is 0 Å². The quantitative estimate of drug-likeness (QED) is 0.501. The van der Waals surface area contributed by atoms with Gasteiger partial charge in [0.15, 0.2) is 0 Å². The molecule has 0 aliphatic heterocycles. The molecule has 2 fully saturated rings. The Bertz CT molecular complexity index is 171. The van der Waals surface area contributed by atoms with Gasteiger partial charge in [-0.05, 0) is 37.5 Å². The van der Waals surface area contributed by atoms with Crippen LogP contribution < -0.4 is 11.3 Å². The molecule has 0 aromatic rings. The maximum Gasteiger partial charge on any atom is 0.0210 e. The zero-order chi connectivity index (χ0) is 10.5. The van der Waals surface area contributed by atoms with Crippen molar-refractivity contribution in [2.24, 2.45) is 17.7 Å². The summed E-state index contributed by atoms with van der Waals surface area (Å²) in [4.78, 5) is 0. The third kappa shape index (κ3) is 4.12. The SMILES string of the molecule is NNC(CCC1CCCC1)CCC1CC1. The van der Waals surface area contributed by atoms with Crippen LogP contribution in [-0.4, -0.2) is 6.04 Å². The van der Waals surface area contributed by atoms with Crippen LogP contribution in [0.2, 0.25) is 0 Å². The topological polar surface area (TPSA) is 38.0 Å². The number of hydrazine groups is 1. The van der Waals surface area contributed by atoms with Gasteiger partial charge in [-0.2, -0.15) is 0 Å². The van der Waals surface area contributed by atoms with Crippen molar-refractivity contribution in [2.45, 2.75) is 70.3 Å². The molecule has 0 amide bonds. The number of nitrogens with two attached hydrogens (primary N) is 1. The fourth-order valence-corrected chi connectivity index (χ4v) is 2.89. The smallest absolute Gasteiger partial charge is 0.0210 e. The van der Waals surface area contributed by atoms with Gasteiger partial charge >= 0.3 is 0 Å². The Morgan fingerprint density at radius 1 is 0.933 bits per heavy atom. The van der Waals surface area contributed by atoms with Crippen molar-refractivity contribution in [3.8, 4) is 0 Å². The molecule has 2 aliphatic carbocycles. The molecule has 0 heterocycles. The van der Waals surface area contributed by atoms with Crippen molar-refractivity contribution in [2.75, 3.05) is 0 Å². The normalized spacial score (nSPS) is 24.6. The van der Waals surface area contributed by atoms with E-state index in [1.165, 1.54) is 64.2 Å². The van der Waals surface area contributed by atoms with Crippen molar-refractivity contribution in [3.05, 3.63) is 0 Å². The molecule has 0 bridgehead atoms. The highest BCUT2D eigenvalue weighted by Crippen LogP contribution is 2.34. The maximum absolute atomic E-state index is 5.61. The third-order valence-corrected chi connectivity index (χ3v) is 4.25. The van der Waals surface area contributed by atoms with Crippen LogP contribution in [0.15, 0.2) is 0 Å². The van der Waals surface area contributed by atoms with Crippen molar-refractivity contribution < 1.29 is 0 Å². The van der Waals surface area contributed by atoms with E-state index in [0.29, 0.717) is 6.04 Å². The summed E-state index contributed by atoms with van der Waals surface area (Å²) < 4.78 is 0. The van der Waals surface area contributed by atoms with E-state index < -0.39 is 0 Å². The molecule has 2 nitrogen and oxygen atoms in total. The van der Waals surface area contributed by atoms with Gasteiger partial charge in [-0.15, -0.1) is 0 Å². The minimum atomic E-state index is 0.589. The molecular formula is C13H26N2. The molecule has 2 heteroatoms. The molecule has 2 saturated carbocycles. The highest BCUT2D eigenvalue weighted by molar-refractivity contribution is 4.77. The standard InChI is InChI=1S/C13H26N2/c14-15-13(10-8-12-5-6-12)9-7-11-3-1-2-4-11/h11-13,15H,1-10,14H2. The Morgan fingerprint density at radius 2 is 1.47 bits per heavy atom. The first-order valence-corrected chi connectivity index (χ1v) is 6.84. The lowest BCUT2D eigenvalue weighted by Crippen LogP contribution is -2.35. The minimum absolute atomic E-state index is 0.589. The molecule has 2 rings (SSSR count). The summed E-state index contributed by atoms with van der Waals surface area (Å²) >= 11 is 0. The summed E-state index contributed by atoms with van der Waals surface area (Å²) in [7, 11) is 0. The zero-order valence-electron chi connectivity index (χ0n) is 9.88. The highest BCUT2D eigenvalue weighted by Gasteiger charge is 2.23. The van der Waals surface area contributed by atoms with Gasteiger partial charge < -0.3 is 0 Å². The lowest BCUT2D eigenvalue weighted by Gasteiger charge is -2.17. The molecule has 0 aromatic heterocycles. The van der Waals surface area contributed by atoms with E-state index in [1.54, 1.807) is 0 Å². The van der Waals surface area contributed by atoms with E-state index in [9.17, 15) is 0 Å². The Kier molecular flexibility index (Phi) is 4.45. The van der Waals surface area contributed by atoms with Crippen LogP contribution in [-0.2, 0) is 0 Å². The molecule has 0 radical (unpaired) electrons. The second-order valence-corrected chi connectivity index (χ2v) is 5.61. The third-order valence-electron chi connectivity index (χ3n) is 4.25. The summed E-state index contributed by atoms with van der Waals surface area (Å²) in [5.41, 5.74) is 3.01. The molecule has 15 heavy (non-hydrogen) atoms. The van der Waals surface area contributed by atoms with E-state index >= 15 is 0 Å². The van der Waals surface area contributed by atoms with Crippen LogP contribution in [0.3, 0.4) is 0 Å². The average molecular weight is 210 g/mol. The van der Waals surface area contributed by atoms with Gasteiger partial charge in [-0.25, -0.2) is 0 Å². The van der Waals surface area contributed by atoms with Crippen LogP contribution in [0.25, 0.3) is 0 Å². The van der Waals surface area contributed by atoms with E-state index in [-0.39, 0.29) is 0 Å². The second-order valence-electron chi connectivity index (χ2n) is 5.61. The summed E-state index contributed by atoms with van der Waals surface area (Å²) in [6.07, 6.45) is 14.2. The molecule has 1 unspecified atom stereocenters. The van der Waals surface area contributed by atoms with E-state index in [0.717, 1.165) is 11.8 Å². The molecule has 0 saturated heterocycles. The number of hydrogen-bond acceptors (Lipinski definition) is 2. The Balaban J connectivity index is 1.56. The van der Waals surface area contributed by atoms with Crippen LogP contribution in [0.4, 0.5) is 0 Å². The number of hydrogen-bond donors (Lipinski definition) is 2. The molecular weight excluding hydrogens is 184 g/mol. The van der Waals surface area contributed by atoms with Crippen LogP contribution in [0.5, 0.6) is 0 Å². The minimum Gasteiger partial charge on any atom is -0.271 e. The van der Waals surface area contributed by atoms with E-state index in [4.69, 9.17) is 5.84 Å². The predicted molar refractivity (Wildman–Crippen MR) is 64.3 cm³/mol. The highest BCUT2D eigenvalue weighted by atomic mass is 15.2. The first-order valence-electron chi connectivity index (χ1n) is 6.84. The van der Waals surface area contributed by atoms with Crippen LogP contribution in [0.1, 0.15) is 64.2 Å². The summed E-state index contributed by atoms with van der Waals surface area (Å²) in [6, 6.07) is 0.589. The predicted octanol–water partition coefficient (Wildman–Crippen LogP) is 2.98. The van der Waals surface area contributed by atoms with Gasteiger partial charge in [0.25, 0.3) is 0 Å². The van der Waals surface area contributed by atoms with Crippen LogP contribution in [0, 0.1) is 11.8 Å². The molecule has 0 spiro atoms. The van der Waals surface area contributed by atoms with Gasteiger partial charge in [-0.3, -0.25) is 11.3 Å². The average Bonchev–Trinajstić information content (AvgIpc) is 2.94. The molecule has 2 aliphatic rings. The summed E-state index contributed by atoms with van der Waals surface area (Å²) in [6.45, 7) is 0. The van der Waals surface area contributed by atoms with E-state index in [1.807, 2.05) is 0 Å². The lowest BCUT2D eigenvalue weighted by molar-refractivity contribution is 0.382. The van der Waals surface area contributed by atoms with Crippen LogP contribution >= 0.6 is 0 Å². The molecule has 3 N–H and O–H groups in total. The number of nitrogens with one attached hydrogen (secondary N) is 1. The van der Waals surface area contributed by atoms with Gasteiger partial charge in [0.2, 0.25) is 0 Å². The summed E-state index contributed by atoms with van der Waals surface area (Å²) in [5.74, 6) is 7.68. The van der Waals surface area contributed by atoms with Gasteiger partial charge in [0.1, 0.15) is 0 Å². The first-order chi connectivity index (χ1) is 7.38. The monoisotopic (exact) mass is 210 g/mol. The maximum atomic E-state index is 5.61. The lowest BCUT2D eigenvalue weighted by atomic mass is 9.96. The first kappa shape index (κ1) is 11.4. The van der Waals surface area contributed by atoms with E-state index in [2.05, 4.69) is 5.43 Å². The summed E-state index contributed by atoms with van der Waals surface area (Å²) in [5, 5.41) is 0. The van der Waals surface area contributed by atoms with Gasteiger partial charge in [0, 0.05) is 6.04 Å². The Morgan fingerprint density at radius 3 is 1.93 bits per heavy atom. The Hall–Kier alpha value is -0.0800. The molecule has 88 valence electrons.